The standard InChI is InChI=1S/C16H16N6O3/c17-9-13-16(25-15(19-13)11-1-2-11)21-7-5-20(6-8-21)14-4-3-12(10-18-14)22(23)24/h3-4,10-11H,1-2,5-8H2. The number of hydrogen-bond acceptors (Lipinski definition) is 8. The summed E-state index contributed by atoms with van der Waals surface area (Å²) in [7, 11) is 0. The highest BCUT2D eigenvalue weighted by molar-refractivity contribution is 5.51. The van der Waals surface area contributed by atoms with E-state index in [9.17, 15) is 15.4 Å². The van der Waals surface area contributed by atoms with E-state index in [-0.39, 0.29) is 5.69 Å². The molecule has 0 aromatic carbocycles. The fourth-order valence-electron chi connectivity index (χ4n) is 2.93. The highest BCUT2D eigenvalue weighted by atomic mass is 16.6. The average Bonchev–Trinajstić information content (AvgIpc) is 3.41. The van der Waals surface area contributed by atoms with Crippen LogP contribution in [0.25, 0.3) is 0 Å². The molecule has 0 amide bonds. The van der Waals surface area contributed by atoms with Gasteiger partial charge in [-0.2, -0.15) is 5.26 Å². The van der Waals surface area contributed by atoms with Crippen molar-refractivity contribution in [3.8, 4) is 6.07 Å². The summed E-state index contributed by atoms with van der Waals surface area (Å²) in [5.74, 6) is 2.31. The van der Waals surface area contributed by atoms with Crippen molar-refractivity contribution >= 4 is 17.4 Å². The monoisotopic (exact) mass is 340 g/mol. The van der Waals surface area contributed by atoms with Gasteiger partial charge in [-0.25, -0.2) is 9.97 Å². The molecule has 9 nitrogen and oxygen atoms in total. The molecule has 2 aliphatic rings. The van der Waals surface area contributed by atoms with Crippen LogP contribution in [0, 0.1) is 21.4 Å². The fraction of sp³-hybridized carbons (Fsp3) is 0.438. The first-order valence-electron chi connectivity index (χ1n) is 8.17. The smallest absolute Gasteiger partial charge is 0.287 e. The molecule has 0 spiro atoms. The number of nitro groups is 1. The van der Waals surface area contributed by atoms with Gasteiger partial charge >= 0.3 is 0 Å². The molecule has 3 heterocycles. The van der Waals surface area contributed by atoms with Gasteiger partial charge in [-0.1, -0.05) is 0 Å². The van der Waals surface area contributed by atoms with Gasteiger partial charge in [-0.3, -0.25) is 10.1 Å². The average molecular weight is 340 g/mol. The van der Waals surface area contributed by atoms with Gasteiger partial charge in [-0.05, 0) is 18.9 Å². The number of nitrogens with zero attached hydrogens (tertiary/aromatic N) is 6. The Bertz CT molecular complexity index is 829. The number of anilines is 2. The predicted octanol–water partition coefficient (Wildman–Crippen LogP) is 2.05. The summed E-state index contributed by atoms with van der Waals surface area (Å²) < 4.78 is 5.84. The van der Waals surface area contributed by atoms with Gasteiger partial charge in [0.2, 0.25) is 17.5 Å². The SMILES string of the molecule is N#Cc1nc(C2CC2)oc1N1CCN(c2ccc([N+](=O)[O-])cn2)CC1. The van der Waals surface area contributed by atoms with Crippen LogP contribution in [0.3, 0.4) is 0 Å². The van der Waals surface area contributed by atoms with Crippen LogP contribution in [-0.4, -0.2) is 41.1 Å². The molecule has 1 saturated heterocycles. The first-order valence-corrected chi connectivity index (χ1v) is 8.17. The molecule has 1 aliphatic heterocycles. The summed E-state index contributed by atoms with van der Waals surface area (Å²) in [6, 6.07) is 5.24. The normalized spacial score (nSPS) is 17.4. The molecule has 9 heteroatoms. The van der Waals surface area contributed by atoms with Crippen LogP contribution < -0.4 is 9.80 Å². The molecule has 128 valence electrons. The molecular weight excluding hydrogens is 324 g/mol. The highest BCUT2D eigenvalue weighted by Crippen LogP contribution is 2.41. The largest absolute Gasteiger partial charge is 0.423 e. The van der Waals surface area contributed by atoms with Crippen molar-refractivity contribution < 1.29 is 9.34 Å². The molecule has 2 aromatic rings. The molecule has 0 unspecified atom stereocenters. The van der Waals surface area contributed by atoms with Crippen molar-refractivity contribution in [1.29, 1.82) is 5.26 Å². The molecule has 2 fully saturated rings. The van der Waals surface area contributed by atoms with Crippen molar-refractivity contribution in [2.75, 3.05) is 36.0 Å². The Morgan fingerprint density at radius 3 is 2.52 bits per heavy atom. The third kappa shape index (κ3) is 2.98. The molecule has 1 aliphatic carbocycles. The minimum Gasteiger partial charge on any atom is -0.423 e. The van der Waals surface area contributed by atoms with E-state index in [1.54, 1.807) is 6.07 Å². The maximum Gasteiger partial charge on any atom is 0.287 e. The lowest BCUT2D eigenvalue weighted by atomic mass is 10.3. The second-order valence-corrected chi connectivity index (χ2v) is 6.20. The summed E-state index contributed by atoms with van der Waals surface area (Å²) >= 11 is 0. The van der Waals surface area contributed by atoms with E-state index >= 15 is 0 Å². The first kappa shape index (κ1) is 15.4. The Labute approximate surface area is 143 Å². The number of oxazole rings is 1. The van der Waals surface area contributed by atoms with E-state index in [4.69, 9.17) is 4.42 Å². The summed E-state index contributed by atoms with van der Waals surface area (Å²) in [5, 5.41) is 20.0. The van der Waals surface area contributed by atoms with Crippen LogP contribution in [0.1, 0.15) is 30.3 Å². The molecule has 2 aromatic heterocycles. The number of nitriles is 1. The number of pyridine rings is 1. The minimum absolute atomic E-state index is 0.0182. The van der Waals surface area contributed by atoms with Gasteiger partial charge < -0.3 is 14.2 Å². The lowest BCUT2D eigenvalue weighted by Gasteiger charge is -2.35. The molecular formula is C16H16N6O3. The maximum absolute atomic E-state index is 10.7. The summed E-state index contributed by atoms with van der Waals surface area (Å²) in [6.07, 6.45) is 3.42. The van der Waals surface area contributed by atoms with Gasteiger partial charge in [0.15, 0.2) is 0 Å². The molecule has 0 N–H and O–H groups in total. The van der Waals surface area contributed by atoms with Crippen molar-refractivity contribution in [2.24, 2.45) is 0 Å². The fourth-order valence-corrected chi connectivity index (χ4v) is 2.93. The lowest BCUT2D eigenvalue weighted by molar-refractivity contribution is -0.385. The first-order chi connectivity index (χ1) is 12.2. The minimum atomic E-state index is -0.459. The molecule has 0 bridgehead atoms. The second-order valence-electron chi connectivity index (χ2n) is 6.20. The summed E-state index contributed by atoms with van der Waals surface area (Å²) in [5.41, 5.74) is 0.333. The van der Waals surface area contributed by atoms with Gasteiger partial charge in [0, 0.05) is 38.2 Å². The number of aromatic nitrogens is 2. The third-order valence-electron chi connectivity index (χ3n) is 4.49. The predicted molar refractivity (Wildman–Crippen MR) is 88.5 cm³/mol. The van der Waals surface area contributed by atoms with Gasteiger partial charge in [-0.15, -0.1) is 0 Å². The third-order valence-corrected chi connectivity index (χ3v) is 4.49. The molecule has 0 radical (unpaired) electrons. The molecule has 1 saturated carbocycles. The molecule has 25 heavy (non-hydrogen) atoms. The van der Waals surface area contributed by atoms with E-state index in [1.165, 1.54) is 12.3 Å². The van der Waals surface area contributed by atoms with E-state index in [2.05, 4.69) is 20.9 Å². The Balaban J connectivity index is 1.44. The Kier molecular flexibility index (Phi) is 3.72. The highest BCUT2D eigenvalue weighted by Gasteiger charge is 2.32. The van der Waals surface area contributed by atoms with E-state index < -0.39 is 4.92 Å². The van der Waals surface area contributed by atoms with Gasteiger partial charge in [0.05, 0.1) is 4.92 Å². The summed E-state index contributed by atoms with van der Waals surface area (Å²) in [4.78, 5) is 22.8. The van der Waals surface area contributed by atoms with E-state index in [1.807, 2.05) is 4.90 Å². The Morgan fingerprint density at radius 1 is 1.24 bits per heavy atom. The Hall–Kier alpha value is -3.15. The number of rotatable bonds is 4. The molecule has 0 atom stereocenters. The van der Waals surface area contributed by atoms with Crippen LogP contribution in [-0.2, 0) is 0 Å². The lowest BCUT2D eigenvalue weighted by Crippen LogP contribution is -2.47. The van der Waals surface area contributed by atoms with Gasteiger partial charge in [0.25, 0.3) is 5.69 Å². The van der Waals surface area contributed by atoms with Crippen LogP contribution >= 0.6 is 0 Å². The van der Waals surface area contributed by atoms with Crippen LogP contribution in [0.15, 0.2) is 22.7 Å². The topological polar surface area (TPSA) is 112 Å². The zero-order valence-corrected chi connectivity index (χ0v) is 13.5. The van der Waals surface area contributed by atoms with Crippen LogP contribution in [0.5, 0.6) is 0 Å². The van der Waals surface area contributed by atoms with Crippen LogP contribution in [0.4, 0.5) is 17.4 Å². The second kappa shape index (κ2) is 6.05. The quantitative estimate of drug-likeness (QED) is 0.614. The summed E-state index contributed by atoms with van der Waals surface area (Å²) in [6.45, 7) is 2.73. The number of piperazine rings is 1. The van der Waals surface area contributed by atoms with E-state index in [0.29, 0.717) is 55.4 Å². The zero-order chi connectivity index (χ0) is 17.4. The van der Waals surface area contributed by atoms with Crippen molar-refractivity contribution in [3.05, 3.63) is 40.0 Å². The molecule has 4 rings (SSSR count). The van der Waals surface area contributed by atoms with Crippen molar-refractivity contribution in [2.45, 2.75) is 18.8 Å². The zero-order valence-electron chi connectivity index (χ0n) is 13.5. The number of hydrogen-bond donors (Lipinski definition) is 0. The maximum atomic E-state index is 10.7. The van der Waals surface area contributed by atoms with Crippen molar-refractivity contribution in [1.82, 2.24) is 9.97 Å². The van der Waals surface area contributed by atoms with Gasteiger partial charge in [0.1, 0.15) is 18.1 Å². The van der Waals surface area contributed by atoms with Crippen molar-refractivity contribution in [3.63, 3.8) is 0 Å². The van der Waals surface area contributed by atoms with E-state index in [0.717, 1.165) is 12.8 Å². The van der Waals surface area contributed by atoms with Crippen LogP contribution in [0.2, 0.25) is 0 Å². The Morgan fingerprint density at radius 2 is 1.96 bits per heavy atom.